The molecule has 0 amide bonds. The van der Waals surface area contributed by atoms with Crippen molar-refractivity contribution in [2.24, 2.45) is 11.5 Å². The minimum atomic E-state index is -1.38. The van der Waals surface area contributed by atoms with Crippen LogP contribution in [0.1, 0.15) is 26.7 Å². The van der Waals surface area contributed by atoms with Gasteiger partial charge in [0.15, 0.2) is 0 Å². The Labute approximate surface area is 137 Å². The Kier molecular flexibility index (Phi) is 24.5. The fourth-order valence-corrected chi connectivity index (χ4v) is 0.195. The third kappa shape index (κ3) is 50.8. The largest absolute Gasteiger partial charge is 0.481 e. The van der Waals surface area contributed by atoms with Crippen molar-refractivity contribution in [1.29, 1.82) is 0 Å². The molecule has 0 spiro atoms. The van der Waals surface area contributed by atoms with E-state index in [4.69, 9.17) is 31.9 Å². The Balaban J connectivity index is -0.000000111. The molecular weight excluding hydrogens is 332 g/mol. The first-order chi connectivity index (χ1) is 10.8. The molecule has 0 aromatic rings. The molecule has 0 aliphatic heterocycles. The lowest BCUT2D eigenvalue weighted by Crippen LogP contribution is -2.25. The van der Waals surface area contributed by atoms with Crippen LogP contribution in [0.15, 0.2) is 0 Å². The van der Waals surface area contributed by atoms with Crippen LogP contribution < -0.4 is 11.5 Å². The van der Waals surface area contributed by atoms with E-state index in [1.807, 2.05) is 0 Å². The minimum absolute atomic E-state index is 0.0694. The highest BCUT2D eigenvalue weighted by atomic mass is 16.4. The molecule has 0 aromatic heterocycles. The molecule has 0 unspecified atom stereocenters. The van der Waals surface area contributed by atoms with Crippen LogP contribution in [0.2, 0.25) is 0 Å². The standard InChI is InChI=1S/2C3H7NO2.2C3H4O3/c1-2(4)3(5)6;4-2-1-3(5)6;1-2(4)3(5)6;4-2-1-3(5)6/h2H,4H2,1H3,(H,5,6);1-2,4H2,(H,5,6);1H3,(H,5,6);2H,1H2,(H,5,6)/t2-;;;/m0.../s1. The number of rotatable bonds is 6. The first kappa shape index (κ1) is 29.2. The molecular formula is C12H22N2O10. The maximum atomic E-state index is 9.57. The zero-order valence-corrected chi connectivity index (χ0v) is 13.2. The smallest absolute Gasteiger partial charge is 0.371 e. The monoisotopic (exact) mass is 354 g/mol. The molecule has 0 rings (SSSR count). The van der Waals surface area contributed by atoms with Crippen LogP contribution in [0.5, 0.6) is 0 Å². The van der Waals surface area contributed by atoms with Gasteiger partial charge in [0.2, 0.25) is 5.78 Å². The Morgan fingerprint density at radius 3 is 1.33 bits per heavy atom. The Bertz CT molecular complexity index is 408. The van der Waals surface area contributed by atoms with Gasteiger partial charge in [-0.2, -0.15) is 0 Å². The summed E-state index contributed by atoms with van der Waals surface area (Å²) >= 11 is 0. The van der Waals surface area contributed by atoms with Crippen LogP contribution in [-0.4, -0.2) is 69.0 Å². The summed E-state index contributed by atoms with van der Waals surface area (Å²) in [5.74, 6) is -5.08. The van der Waals surface area contributed by atoms with Gasteiger partial charge in [-0.05, 0) is 6.92 Å². The first-order valence-corrected chi connectivity index (χ1v) is 6.12. The second-order valence-electron chi connectivity index (χ2n) is 3.69. The zero-order valence-electron chi connectivity index (χ0n) is 13.2. The van der Waals surface area contributed by atoms with Gasteiger partial charge in [-0.15, -0.1) is 0 Å². The molecule has 0 aromatic carbocycles. The predicted molar refractivity (Wildman–Crippen MR) is 79.2 cm³/mol. The average Bonchev–Trinajstić information content (AvgIpc) is 2.40. The molecule has 140 valence electrons. The van der Waals surface area contributed by atoms with Gasteiger partial charge in [-0.1, -0.05) is 0 Å². The summed E-state index contributed by atoms with van der Waals surface area (Å²) in [4.78, 5) is 56.6. The number of carboxylic acids is 4. The summed E-state index contributed by atoms with van der Waals surface area (Å²) in [7, 11) is 0. The SMILES string of the molecule is CC(=O)C(=O)O.C[C@H](N)C(=O)O.NCCC(=O)O.O=CCC(=O)O. The van der Waals surface area contributed by atoms with E-state index < -0.39 is 35.7 Å². The number of nitrogens with two attached hydrogens (primary N) is 2. The average molecular weight is 354 g/mol. The van der Waals surface area contributed by atoms with Gasteiger partial charge in [0.25, 0.3) is 0 Å². The van der Waals surface area contributed by atoms with Crippen LogP contribution >= 0.6 is 0 Å². The van der Waals surface area contributed by atoms with E-state index in [2.05, 4.69) is 0 Å². The number of ketones is 1. The molecule has 0 aliphatic carbocycles. The number of carbonyl (C=O) groups is 6. The number of carboxylic acid groups (broad SMARTS) is 4. The predicted octanol–water partition coefficient (Wildman–Crippen LogP) is -1.84. The molecule has 0 saturated carbocycles. The number of hydrogen-bond donors (Lipinski definition) is 6. The second kappa shape index (κ2) is 20.1. The Morgan fingerprint density at radius 2 is 1.33 bits per heavy atom. The molecule has 24 heavy (non-hydrogen) atoms. The highest BCUT2D eigenvalue weighted by Gasteiger charge is 1.99. The van der Waals surface area contributed by atoms with E-state index in [1.165, 1.54) is 6.92 Å². The molecule has 1 atom stereocenters. The van der Waals surface area contributed by atoms with Crippen molar-refractivity contribution < 1.29 is 49.2 Å². The maximum absolute atomic E-state index is 9.57. The lowest BCUT2D eigenvalue weighted by atomic mass is 10.4. The fourth-order valence-electron chi connectivity index (χ4n) is 0.195. The highest BCUT2D eigenvalue weighted by molar-refractivity contribution is 6.31. The molecule has 0 aliphatic rings. The van der Waals surface area contributed by atoms with Crippen LogP contribution in [0.25, 0.3) is 0 Å². The molecule has 0 bridgehead atoms. The molecule has 0 saturated heterocycles. The topological polar surface area (TPSA) is 235 Å². The molecule has 12 nitrogen and oxygen atoms in total. The highest BCUT2D eigenvalue weighted by Crippen LogP contribution is 1.68. The summed E-state index contributed by atoms with van der Waals surface area (Å²) in [5.41, 5.74) is 9.68. The van der Waals surface area contributed by atoms with E-state index in [-0.39, 0.29) is 19.4 Å². The molecule has 8 N–H and O–H groups in total. The number of carbonyl (C=O) groups excluding carboxylic acids is 2. The van der Waals surface area contributed by atoms with Gasteiger partial charge in [-0.25, -0.2) is 4.79 Å². The zero-order chi connectivity index (χ0) is 20.3. The van der Waals surface area contributed by atoms with E-state index in [0.717, 1.165) is 6.92 Å². The van der Waals surface area contributed by atoms with E-state index in [0.29, 0.717) is 6.29 Å². The van der Waals surface area contributed by atoms with Crippen LogP contribution in [0.4, 0.5) is 0 Å². The fraction of sp³-hybridized carbons (Fsp3) is 0.500. The molecule has 0 radical (unpaired) electrons. The first-order valence-electron chi connectivity index (χ1n) is 6.12. The van der Waals surface area contributed by atoms with Crippen molar-refractivity contribution in [1.82, 2.24) is 0 Å². The quantitative estimate of drug-likeness (QED) is 0.175. The second-order valence-corrected chi connectivity index (χ2v) is 3.69. The Morgan fingerprint density at radius 1 is 1.00 bits per heavy atom. The van der Waals surface area contributed by atoms with Crippen LogP contribution in [0.3, 0.4) is 0 Å². The lowest BCUT2D eigenvalue weighted by Gasteiger charge is -1.90. The summed E-state index contributed by atoms with van der Waals surface area (Å²) in [6.07, 6.45) is 0.0301. The van der Waals surface area contributed by atoms with Crippen molar-refractivity contribution in [3.8, 4) is 0 Å². The summed E-state index contributed by atoms with van der Waals surface area (Å²) < 4.78 is 0. The van der Waals surface area contributed by atoms with Crippen molar-refractivity contribution in [2.45, 2.75) is 32.7 Å². The normalized spacial score (nSPS) is 9.17. The van der Waals surface area contributed by atoms with Crippen molar-refractivity contribution in [3.05, 3.63) is 0 Å². The molecule has 0 heterocycles. The van der Waals surface area contributed by atoms with Crippen LogP contribution in [-0.2, 0) is 28.8 Å². The number of aldehydes is 1. The summed E-state index contributed by atoms with van der Waals surface area (Å²) in [6, 6.07) is -0.731. The number of Topliss-reactive ketones (excluding diaryl/α,β-unsaturated/α-hetero) is 1. The third-order valence-electron chi connectivity index (χ3n) is 1.31. The maximum Gasteiger partial charge on any atom is 0.371 e. The van der Waals surface area contributed by atoms with Crippen molar-refractivity contribution in [3.63, 3.8) is 0 Å². The van der Waals surface area contributed by atoms with Gasteiger partial charge < -0.3 is 36.7 Å². The van der Waals surface area contributed by atoms with Gasteiger partial charge in [0, 0.05) is 13.5 Å². The van der Waals surface area contributed by atoms with Gasteiger partial charge in [0.05, 0.1) is 6.42 Å². The lowest BCUT2D eigenvalue weighted by molar-refractivity contribution is -0.148. The van der Waals surface area contributed by atoms with Gasteiger partial charge in [0.1, 0.15) is 18.7 Å². The van der Waals surface area contributed by atoms with E-state index in [9.17, 15) is 28.8 Å². The molecule has 0 fully saturated rings. The van der Waals surface area contributed by atoms with Crippen molar-refractivity contribution in [2.75, 3.05) is 6.54 Å². The summed E-state index contributed by atoms with van der Waals surface area (Å²) in [6.45, 7) is 2.65. The van der Waals surface area contributed by atoms with E-state index >= 15 is 0 Å². The van der Waals surface area contributed by atoms with Crippen molar-refractivity contribution >= 4 is 35.9 Å². The third-order valence-corrected chi connectivity index (χ3v) is 1.31. The summed E-state index contributed by atoms with van der Waals surface area (Å²) in [5, 5.41) is 31.0. The van der Waals surface area contributed by atoms with Crippen LogP contribution in [0, 0.1) is 0 Å². The van der Waals surface area contributed by atoms with Gasteiger partial charge >= 0.3 is 23.9 Å². The minimum Gasteiger partial charge on any atom is -0.481 e. The molecule has 12 heteroatoms. The number of aliphatic carboxylic acids is 4. The van der Waals surface area contributed by atoms with E-state index in [1.54, 1.807) is 0 Å². The number of hydrogen-bond acceptors (Lipinski definition) is 8. The Hall–Kier alpha value is -2.86. The van der Waals surface area contributed by atoms with Gasteiger partial charge in [-0.3, -0.25) is 19.2 Å².